The van der Waals surface area contributed by atoms with E-state index in [-0.39, 0.29) is 23.8 Å². The first-order valence-corrected chi connectivity index (χ1v) is 4.65. The van der Waals surface area contributed by atoms with E-state index in [1.54, 1.807) is 12.2 Å². The number of carboxylic acid groups (broad SMARTS) is 1. The van der Waals surface area contributed by atoms with E-state index in [0.717, 1.165) is 0 Å². The lowest BCUT2D eigenvalue weighted by molar-refractivity contribution is -0.142. The van der Waals surface area contributed by atoms with Gasteiger partial charge < -0.3 is 15.2 Å². The van der Waals surface area contributed by atoms with Crippen LogP contribution in [0.1, 0.15) is 6.42 Å². The molecule has 0 aromatic carbocycles. The molecule has 3 atom stereocenters. The number of nitrogens with one attached hydrogen (secondary N) is 1. The Kier molecular flexibility index (Phi) is 2.22. The van der Waals surface area contributed by atoms with Gasteiger partial charge in [-0.1, -0.05) is 18.7 Å². The van der Waals surface area contributed by atoms with Crippen molar-refractivity contribution in [2.45, 2.75) is 18.6 Å². The van der Waals surface area contributed by atoms with E-state index in [9.17, 15) is 9.59 Å². The van der Waals surface area contributed by atoms with Crippen molar-refractivity contribution in [1.29, 1.82) is 0 Å². The number of carbonyl (C=O) groups excluding carboxylic acids is 1. The van der Waals surface area contributed by atoms with Crippen molar-refractivity contribution in [2.75, 3.05) is 0 Å². The molecule has 2 rings (SSSR count). The molecule has 5 heteroatoms. The minimum Gasteiger partial charge on any atom is -0.483 e. The smallest absolute Gasteiger partial charge is 0.310 e. The first-order chi connectivity index (χ1) is 7.08. The molecule has 1 amide bonds. The zero-order valence-corrected chi connectivity index (χ0v) is 7.97. The van der Waals surface area contributed by atoms with E-state index in [0.29, 0.717) is 6.42 Å². The van der Waals surface area contributed by atoms with E-state index in [1.165, 1.54) is 0 Å². The van der Waals surface area contributed by atoms with Gasteiger partial charge in [0.25, 0.3) is 5.91 Å². The fraction of sp³-hybridized carbons (Fsp3) is 0.400. The van der Waals surface area contributed by atoms with E-state index in [1.807, 2.05) is 0 Å². The molecule has 2 N–H and O–H groups in total. The van der Waals surface area contributed by atoms with Gasteiger partial charge in [-0.05, 0) is 0 Å². The van der Waals surface area contributed by atoms with Crippen LogP contribution < -0.4 is 5.32 Å². The van der Waals surface area contributed by atoms with Gasteiger partial charge in [0.05, 0.1) is 12.0 Å². The molecule has 1 fully saturated rings. The second-order valence-corrected chi connectivity index (χ2v) is 3.64. The lowest BCUT2D eigenvalue weighted by Gasteiger charge is -2.35. The molecule has 0 aromatic rings. The number of carbonyl (C=O) groups is 2. The Morgan fingerprint density at radius 3 is 3.00 bits per heavy atom. The van der Waals surface area contributed by atoms with E-state index >= 15 is 0 Å². The highest BCUT2D eigenvalue weighted by Crippen LogP contribution is 2.25. The first kappa shape index (κ1) is 9.76. The standard InChI is InChI=1S/C10H11NO4/c1-5-9(12)11-7-3-2-6(10(13)14)4-8(7)15-5/h2-3,6-8H,1,4H2,(H,11,12)(H,13,14)/t6-,7-,8+/m0/s1. The minimum absolute atomic E-state index is 0.0516. The molecule has 1 heterocycles. The maximum atomic E-state index is 11.2. The molecule has 0 unspecified atom stereocenters. The molecule has 0 bridgehead atoms. The van der Waals surface area contributed by atoms with Crippen LogP contribution in [-0.4, -0.2) is 29.1 Å². The lowest BCUT2D eigenvalue weighted by Crippen LogP contribution is -2.51. The summed E-state index contributed by atoms with van der Waals surface area (Å²) in [7, 11) is 0. The minimum atomic E-state index is -0.879. The maximum Gasteiger partial charge on any atom is 0.310 e. The van der Waals surface area contributed by atoms with Crippen LogP contribution in [0.2, 0.25) is 0 Å². The first-order valence-electron chi connectivity index (χ1n) is 4.65. The quantitative estimate of drug-likeness (QED) is 0.472. The van der Waals surface area contributed by atoms with Gasteiger partial charge in [0.15, 0.2) is 5.76 Å². The van der Waals surface area contributed by atoms with Gasteiger partial charge in [0.2, 0.25) is 0 Å². The Balaban J connectivity index is 2.15. The molecule has 0 aromatic heterocycles. The molecule has 5 nitrogen and oxygen atoms in total. The Bertz CT molecular complexity index is 360. The zero-order valence-electron chi connectivity index (χ0n) is 7.97. The normalized spacial score (nSPS) is 34.0. The molecule has 0 saturated carbocycles. The van der Waals surface area contributed by atoms with Crippen LogP contribution in [0.25, 0.3) is 0 Å². The summed E-state index contributed by atoms with van der Waals surface area (Å²) >= 11 is 0. The van der Waals surface area contributed by atoms with Crippen molar-refractivity contribution in [3.8, 4) is 0 Å². The van der Waals surface area contributed by atoms with Gasteiger partial charge in [0.1, 0.15) is 6.10 Å². The third kappa shape index (κ3) is 1.72. The summed E-state index contributed by atoms with van der Waals surface area (Å²) in [6.45, 7) is 3.45. The third-order valence-electron chi connectivity index (χ3n) is 2.60. The number of fused-ring (bicyclic) bond motifs is 1. The van der Waals surface area contributed by atoms with E-state index in [2.05, 4.69) is 11.9 Å². The van der Waals surface area contributed by atoms with Crippen molar-refractivity contribution in [2.24, 2.45) is 5.92 Å². The Hall–Kier alpha value is -1.78. The van der Waals surface area contributed by atoms with E-state index < -0.39 is 11.9 Å². The summed E-state index contributed by atoms with van der Waals surface area (Å²) in [5.74, 6) is -1.71. The molecule has 1 saturated heterocycles. The van der Waals surface area contributed by atoms with Gasteiger partial charge in [0, 0.05) is 6.42 Å². The predicted octanol–water partition coefficient (Wildman–Crippen LogP) is 0.0444. The third-order valence-corrected chi connectivity index (χ3v) is 2.60. The molecular weight excluding hydrogens is 198 g/mol. The summed E-state index contributed by atoms with van der Waals surface area (Å²) in [5, 5.41) is 11.5. The fourth-order valence-corrected chi connectivity index (χ4v) is 1.77. The second kappa shape index (κ2) is 3.42. The van der Waals surface area contributed by atoms with Crippen LogP contribution in [0.5, 0.6) is 0 Å². The maximum absolute atomic E-state index is 11.2. The van der Waals surface area contributed by atoms with Crippen molar-refractivity contribution >= 4 is 11.9 Å². The number of carboxylic acids is 1. The Morgan fingerprint density at radius 2 is 2.33 bits per heavy atom. The highest BCUT2D eigenvalue weighted by atomic mass is 16.5. The molecule has 15 heavy (non-hydrogen) atoms. The van der Waals surface area contributed by atoms with Crippen molar-refractivity contribution in [3.05, 3.63) is 24.5 Å². The summed E-state index contributed by atoms with van der Waals surface area (Å²) in [6, 6.07) is -0.237. The summed E-state index contributed by atoms with van der Waals surface area (Å²) in [5.41, 5.74) is 0. The Morgan fingerprint density at radius 1 is 1.60 bits per heavy atom. The van der Waals surface area contributed by atoms with Gasteiger partial charge in [-0.3, -0.25) is 9.59 Å². The average molecular weight is 209 g/mol. The SMILES string of the molecule is C=C1O[C@@H]2C[C@@H](C(=O)O)C=C[C@@H]2NC1=O. The molecule has 0 spiro atoms. The predicted molar refractivity (Wildman–Crippen MR) is 50.8 cm³/mol. The van der Waals surface area contributed by atoms with Gasteiger partial charge in [-0.15, -0.1) is 0 Å². The summed E-state index contributed by atoms with van der Waals surface area (Å²) in [4.78, 5) is 21.9. The monoisotopic (exact) mass is 209 g/mol. The van der Waals surface area contributed by atoms with Crippen LogP contribution in [0.15, 0.2) is 24.5 Å². The number of hydrogen-bond acceptors (Lipinski definition) is 3. The fourth-order valence-electron chi connectivity index (χ4n) is 1.77. The number of ether oxygens (including phenoxy) is 1. The Labute approximate surface area is 86.4 Å². The van der Waals surface area contributed by atoms with Crippen LogP contribution in [-0.2, 0) is 14.3 Å². The average Bonchev–Trinajstić information content (AvgIpc) is 2.19. The van der Waals surface area contributed by atoms with E-state index in [4.69, 9.17) is 9.84 Å². The number of rotatable bonds is 1. The molecule has 0 radical (unpaired) electrons. The van der Waals surface area contributed by atoms with Crippen molar-refractivity contribution < 1.29 is 19.4 Å². The lowest BCUT2D eigenvalue weighted by atomic mass is 9.89. The second-order valence-electron chi connectivity index (χ2n) is 3.64. The van der Waals surface area contributed by atoms with Crippen LogP contribution in [0, 0.1) is 5.92 Å². The van der Waals surface area contributed by atoms with Gasteiger partial charge >= 0.3 is 5.97 Å². The number of morpholine rings is 1. The zero-order chi connectivity index (χ0) is 11.0. The van der Waals surface area contributed by atoms with Gasteiger partial charge in [-0.2, -0.15) is 0 Å². The van der Waals surface area contributed by atoms with Crippen LogP contribution in [0.4, 0.5) is 0 Å². The van der Waals surface area contributed by atoms with Crippen LogP contribution >= 0.6 is 0 Å². The molecule has 2 aliphatic rings. The molecule has 1 aliphatic heterocycles. The largest absolute Gasteiger partial charge is 0.483 e. The van der Waals surface area contributed by atoms with Gasteiger partial charge in [-0.25, -0.2) is 0 Å². The summed E-state index contributed by atoms with van der Waals surface area (Å²) < 4.78 is 5.26. The molecular formula is C10H11NO4. The number of amides is 1. The number of aliphatic carboxylic acids is 1. The molecule has 1 aliphatic carbocycles. The molecule has 80 valence electrons. The van der Waals surface area contributed by atoms with Crippen LogP contribution in [0.3, 0.4) is 0 Å². The number of hydrogen-bond donors (Lipinski definition) is 2. The highest BCUT2D eigenvalue weighted by molar-refractivity contribution is 5.92. The van der Waals surface area contributed by atoms with Crippen molar-refractivity contribution in [1.82, 2.24) is 5.32 Å². The van der Waals surface area contributed by atoms with Crippen molar-refractivity contribution in [3.63, 3.8) is 0 Å². The summed E-state index contributed by atoms with van der Waals surface area (Å²) in [6.07, 6.45) is 3.29. The topological polar surface area (TPSA) is 75.6 Å². The highest BCUT2D eigenvalue weighted by Gasteiger charge is 2.36.